The first-order valence-corrected chi connectivity index (χ1v) is 13.6. The van der Waals surface area contributed by atoms with Gasteiger partial charge in [0.05, 0.1) is 11.3 Å². The molecule has 0 bridgehead atoms. The molecule has 1 aromatic heterocycles. The lowest BCUT2D eigenvalue weighted by molar-refractivity contribution is -0.152. The molecule has 39 heavy (non-hydrogen) atoms. The Balaban J connectivity index is 1.35. The number of fused-ring (bicyclic) bond motifs is 2. The molecule has 5 rings (SSSR count). The molecule has 0 atom stereocenters. The first-order chi connectivity index (χ1) is 18.6. The van der Waals surface area contributed by atoms with Gasteiger partial charge in [-0.3, -0.25) is 4.98 Å². The van der Waals surface area contributed by atoms with Crippen LogP contribution < -0.4 is 9.47 Å². The number of carboxylic acids is 1. The number of aromatic nitrogens is 1. The predicted molar refractivity (Wildman–Crippen MR) is 150 cm³/mol. The maximum absolute atomic E-state index is 11.6. The molecule has 1 fully saturated rings. The van der Waals surface area contributed by atoms with Crippen LogP contribution in [-0.2, 0) is 17.0 Å². The maximum Gasteiger partial charge on any atom is 0.347 e. The number of carboxylic acid groups (broad SMARTS) is 1. The largest absolute Gasteiger partial charge is 0.487 e. The molecule has 0 amide bonds. The van der Waals surface area contributed by atoms with Crippen molar-refractivity contribution >= 4 is 23.1 Å². The van der Waals surface area contributed by atoms with Crippen LogP contribution in [0.25, 0.3) is 5.57 Å². The van der Waals surface area contributed by atoms with Crippen LogP contribution in [0.5, 0.6) is 11.5 Å². The lowest BCUT2D eigenvalue weighted by Gasteiger charge is -2.38. The van der Waals surface area contributed by atoms with Gasteiger partial charge in [-0.2, -0.15) is 0 Å². The van der Waals surface area contributed by atoms with Crippen LogP contribution in [0.2, 0.25) is 5.02 Å². The van der Waals surface area contributed by atoms with Crippen LogP contribution in [0.4, 0.5) is 0 Å². The summed E-state index contributed by atoms with van der Waals surface area (Å²) >= 11 is 6.03. The highest BCUT2D eigenvalue weighted by Crippen LogP contribution is 2.39. The number of pyridine rings is 1. The molecule has 3 aromatic rings. The van der Waals surface area contributed by atoms with Gasteiger partial charge in [0.25, 0.3) is 0 Å². The van der Waals surface area contributed by atoms with Gasteiger partial charge in [-0.15, -0.1) is 0 Å². The van der Waals surface area contributed by atoms with Crippen molar-refractivity contribution in [1.82, 2.24) is 9.88 Å². The first-order valence-electron chi connectivity index (χ1n) is 13.2. The van der Waals surface area contributed by atoms with Crippen LogP contribution in [0, 0.1) is 0 Å². The summed E-state index contributed by atoms with van der Waals surface area (Å²) in [5.41, 5.74) is 2.38. The van der Waals surface area contributed by atoms with Gasteiger partial charge in [0.15, 0.2) is 5.60 Å². The zero-order chi connectivity index (χ0) is 27.6. The van der Waals surface area contributed by atoms with E-state index in [-0.39, 0.29) is 0 Å². The molecule has 1 saturated heterocycles. The topological polar surface area (TPSA) is 92.1 Å². The number of hydrogen-bond acceptors (Lipinski definition) is 6. The van der Waals surface area contributed by atoms with Crippen molar-refractivity contribution in [2.75, 3.05) is 19.6 Å². The Morgan fingerprint density at radius 1 is 1.15 bits per heavy atom. The molecule has 2 aliphatic heterocycles. The molecule has 204 valence electrons. The average Bonchev–Trinajstić information content (AvgIpc) is 3.07. The minimum absolute atomic E-state index is 0.344. The Kier molecular flexibility index (Phi) is 7.67. The van der Waals surface area contributed by atoms with E-state index in [1.54, 1.807) is 12.3 Å². The smallest absolute Gasteiger partial charge is 0.347 e. The molecule has 2 N–H and O–H groups in total. The molecule has 8 heteroatoms. The minimum atomic E-state index is -1.37. The summed E-state index contributed by atoms with van der Waals surface area (Å²) in [6.45, 7) is 5.83. The van der Waals surface area contributed by atoms with Crippen LogP contribution in [0.3, 0.4) is 0 Å². The molecule has 0 radical (unpaired) electrons. The van der Waals surface area contributed by atoms with E-state index in [1.807, 2.05) is 48.5 Å². The summed E-state index contributed by atoms with van der Waals surface area (Å²) in [5, 5.41) is 21.4. The van der Waals surface area contributed by atoms with Gasteiger partial charge in [0, 0.05) is 42.0 Å². The monoisotopic (exact) mass is 548 g/mol. The number of carbonyl (C=O) groups is 1. The Labute approximate surface area is 233 Å². The molecule has 0 aliphatic carbocycles. The highest BCUT2D eigenvalue weighted by atomic mass is 35.5. The Morgan fingerprint density at radius 2 is 1.90 bits per heavy atom. The van der Waals surface area contributed by atoms with Crippen LogP contribution in [0.15, 0.2) is 66.9 Å². The zero-order valence-electron chi connectivity index (χ0n) is 22.2. The van der Waals surface area contributed by atoms with Gasteiger partial charge in [-0.05, 0) is 80.6 Å². The molecule has 7 nitrogen and oxygen atoms in total. The number of rotatable bonds is 7. The lowest BCUT2D eigenvalue weighted by Crippen LogP contribution is -2.42. The van der Waals surface area contributed by atoms with E-state index in [1.165, 1.54) is 13.8 Å². The summed E-state index contributed by atoms with van der Waals surface area (Å²) in [5.74, 6) is 0.120. The second-order valence-electron chi connectivity index (χ2n) is 10.6. The van der Waals surface area contributed by atoms with Crippen molar-refractivity contribution in [3.05, 3.63) is 94.3 Å². The van der Waals surface area contributed by atoms with Crippen LogP contribution >= 0.6 is 11.6 Å². The number of benzene rings is 2. The van der Waals surface area contributed by atoms with E-state index in [0.717, 1.165) is 54.0 Å². The molecule has 0 spiro atoms. The van der Waals surface area contributed by atoms with E-state index < -0.39 is 17.2 Å². The third-order valence-corrected chi connectivity index (χ3v) is 7.78. The average molecular weight is 549 g/mol. The second-order valence-corrected chi connectivity index (χ2v) is 11.1. The summed E-state index contributed by atoms with van der Waals surface area (Å²) in [7, 11) is 0. The van der Waals surface area contributed by atoms with E-state index in [2.05, 4.69) is 16.0 Å². The fourth-order valence-electron chi connectivity index (χ4n) is 5.14. The minimum Gasteiger partial charge on any atom is -0.487 e. The molecular formula is C31H33ClN2O5. The van der Waals surface area contributed by atoms with Gasteiger partial charge in [-0.1, -0.05) is 35.9 Å². The number of ether oxygens (including phenoxy) is 2. The molecule has 0 saturated carbocycles. The van der Waals surface area contributed by atoms with E-state index in [9.17, 15) is 15.0 Å². The Bertz CT molecular complexity index is 1380. The van der Waals surface area contributed by atoms with Crippen molar-refractivity contribution in [1.29, 1.82) is 0 Å². The summed E-state index contributed by atoms with van der Waals surface area (Å²) < 4.78 is 11.9. The van der Waals surface area contributed by atoms with E-state index in [0.29, 0.717) is 36.0 Å². The van der Waals surface area contributed by atoms with Gasteiger partial charge in [-0.25, -0.2) is 4.79 Å². The van der Waals surface area contributed by atoms with Crippen LogP contribution in [-0.4, -0.2) is 51.3 Å². The fourth-order valence-corrected chi connectivity index (χ4v) is 5.27. The van der Waals surface area contributed by atoms with Crippen molar-refractivity contribution in [2.45, 2.75) is 50.9 Å². The summed E-state index contributed by atoms with van der Waals surface area (Å²) in [6.07, 6.45) is 6.06. The standard InChI is InChI=1S/C31H33ClN2O5/c1-30(2,29(35)36)39-23-11-12-28-26(19-23)24(25-5-3-15-33-27(25)20-38-28)6-4-16-34-17-13-31(37,14-18-34)21-7-9-22(32)10-8-21/h3,5-12,15,19,37H,4,13-14,16-18,20H2,1-2H3,(H,35,36)/b24-6+. The number of likely N-dealkylation sites (tertiary alicyclic amines) is 1. The number of aliphatic hydroxyl groups is 1. The molecule has 3 heterocycles. The molecule has 2 aromatic carbocycles. The van der Waals surface area contributed by atoms with Crippen LogP contribution in [0.1, 0.15) is 55.5 Å². The molecule has 0 unspecified atom stereocenters. The SMILES string of the molecule is CC(C)(Oc1ccc2c(c1)/C(=C/CCN1CCC(O)(c3ccc(Cl)cc3)CC1)c1cccnc1CO2)C(=O)O. The Morgan fingerprint density at radius 3 is 2.62 bits per heavy atom. The first kappa shape index (κ1) is 27.2. The molecular weight excluding hydrogens is 516 g/mol. The second kappa shape index (κ2) is 11.0. The highest BCUT2D eigenvalue weighted by molar-refractivity contribution is 6.30. The van der Waals surface area contributed by atoms with Crippen molar-refractivity contribution in [2.24, 2.45) is 0 Å². The number of piperidine rings is 1. The third kappa shape index (κ3) is 5.96. The summed E-state index contributed by atoms with van der Waals surface area (Å²) in [4.78, 5) is 18.5. The van der Waals surface area contributed by atoms with Crippen molar-refractivity contribution < 1.29 is 24.5 Å². The van der Waals surface area contributed by atoms with Crippen molar-refractivity contribution in [3.8, 4) is 11.5 Å². The number of halogens is 1. The van der Waals surface area contributed by atoms with E-state index in [4.69, 9.17) is 21.1 Å². The zero-order valence-corrected chi connectivity index (χ0v) is 22.9. The van der Waals surface area contributed by atoms with Gasteiger partial charge in [0.1, 0.15) is 18.1 Å². The quantitative estimate of drug-likeness (QED) is 0.393. The van der Waals surface area contributed by atoms with Crippen molar-refractivity contribution in [3.63, 3.8) is 0 Å². The van der Waals surface area contributed by atoms with Gasteiger partial charge in [0.2, 0.25) is 0 Å². The Hall–Kier alpha value is -3.39. The number of nitrogens with zero attached hydrogens (tertiary/aromatic N) is 2. The lowest BCUT2D eigenvalue weighted by atomic mass is 9.84. The number of aliphatic carboxylic acids is 1. The van der Waals surface area contributed by atoms with E-state index >= 15 is 0 Å². The number of hydrogen-bond donors (Lipinski definition) is 2. The maximum atomic E-state index is 11.6. The normalized spacial score (nSPS) is 18.0. The summed E-state index contributed by atoms with van der Waals surface area (Å²) in [6, 6.07) is 16.8. The van der Waals surface area contributed by atoms with Gasteiger partial charge < -0.3 is 24.6 Å². The predicted octanol–water partition coefficient (Wildman–Crippen LogP) is 5.67. The third-order valence-electron chi connectivity index (χ3n) is 7.53. The van der Waals surface area contributed by atoms with Gasteiger partial charge >= 0.3 is 5.97 Å². The molecule has 2 aliphatic rings. The highest BCUT2D eigenvalue weighted by Gasteiger charge is 2.34. The fraction of sp³-hybridized carbons (Fsp3) is 0.355.